The van der Waals surface area contributed by atoms with Gasteiger partial charge in [0.15, 0.2) is 0 Å². The Labute approximate surface area is 135 Å². The van der Waals surface area contributed by atoms with Crippen LogP contribution in [0.3, 0.4) is 0 Å². The second-order valence-electron chi connectivity index (χ2n) is 5.83. The van der Waals surface area contributed by atoms with Crippen LogP contribution in [0, 0.1) is 11.7 Å². The van der Waals surface area contributed by atoms with Crippen LogP contribution in [0.4, 0.5) is 10.1 Å². The molecule has 0 radical (unpaired) electrons. The Hall–Kier alpha value is -1.95. The van der Waals surface area contributed by atoms with Crippen molar-refractivity contribution in [1.82, 2.24) is 0 Å². The Balaban J connectivity index is 1.69. The number of amides is 1. The number of halogens is 1. The molecule has 0 saturated carbocycles. The van der Waals surface area contributed by atoms with Gasteiger partial charge in [0.25, 0.3) is 0 Å². The second kappa shape index (κ2) is 8.62. The minimum absolute atomic E-state index is 0.000166. The summed E-state index contributed by atoms with van der Waals surface area (Å²) in [6.45, 7) is 4.70. The molecular weight excluding hydrogens is 299 g/mol. The van der Waals surface area contributed by atoms with Crippen LogP contribution in [0.2, 0.25) is 0 Å². The minimum atomic E-state index is -0.366. The number of esters is 1. The molecule has 1 heterocycles. The van der Waals surface area contributed by atoms with Crippen molar-refractivity contribution in [3.8, 4) is 0 Å². The third-order valence-electron chi connectivity index (χ3n) is 4.13. The summed E-state index contributed by atoms with van der Waals surface area (Å²) in [4.78, 5) is 24.9. The molecule has 23 heavy (non-hydrogen) atoms. The third-order valence-corrected chi connectivity index (χ3v) is 4.13. The van der Waals surface area contributed by atoms with Crippen LogP contribution in [0.25, 0.3) is 0 Å². The predicted molar refractivity (Wildman–Crippen MR) is 84.6 cm³/mol. The zero-order valence-corrected chi connectivity index (χ0v) is 13.4. The van der Waals surface area contributed by atoms with Gasteiger partial charge in [-0.05, 0) is 25.1 Å². The van der Waals surface area contributed by atoms with E-state index in [0.717, 1.165) is 32.5 Å². The zero-order valence-electron chi connectivity index (χ0n) is 13.4. The van der Waals surface area contributed by atoms with Crippen LogP contribution in [-0.4, -0.2) is 38.1 Å². The molecule has 0 unspecified atom stereocenters. The molecule has 1 saturated heterocycles. The van der Waals surface area contributed by atoms with E-state index in [4.69, 9.17) is 4.74 Å². The van der Waals surface area contributed by atoms with E-state index in [9.17, 15) is 14.0 Å². The monoisotopic (exact) mass is 323 g/mol. The van der Waals surface area contributed by atoms with Crippen LogP contribution in [0.5, 0.6) is 0 Å². The molecule has 6 heteroatoms. The van der Waals surface area contributed by atoms with Gasteiger partial charge in [0, 0.05) is 18.5 Å². The first-order chi connectivity index (χ1) is 11.1. The number of hydrogen-bond donors (Lipinski definition) is 2. The first kappa shape index (κ1) is 17.4. The van der Waals surface area contributed by atoms with Gasteiger partial charge in [-0.15, -0.1) is 0 Å². The Morgan fingerprint density at radius 1 is 1.35 bits per heavy atom. The smallest absolute Gasteiger partial charge is 0.309 e. The number of rotatable bonds is 6. The highest BCUT2D eigenvalue weighted by Gasteiger charge is 2.28. The van der Waals surface area contributed by atoms with Crippen LogP contribution in [0.15, 0.2) is 24.3 Å². The summed E-state index contributed by atoms with van der Waals surface area (Å²) in [7, 11) is 0. The van der Waals surface area contributed by atoms with Crippen molar-refractivity contribution in [2.24, 2.45) is 5.92 Å². The molecule has 1 aromatic carbocycles. The number of anilines is 1. The Morgan fingerprint density at radius 3 is 2.74 bits per heavy atom. The van der Waals surface area contributed by atoms with Crippen molar-refractivity contribution in [3.63, 3.8) is 0 Å². The van der Waals surface area contributed by atoms with E-state index < -0.39 is 0 Å². The van der Waals surface area contributed by atoms with Crippen molar-refractivity contribution in [2.45, 2.75) is 26.2 Å². The fourth-order valence-electron chi connectivity index (χ4n) is 2.85. The molecule has 0 aliphatic carbocycles. The maximum atomic E-state index is 13.1. The molecule has 2 rings (SSSR count). The molecule has 1 fully saturated rings. The van der Waals surface area contributed by atoms with E-state index in [1.54, 1.807) is 12.1 Å². The van der Waals surface area contributed by atoms with Crippen molar-refractivity contribution in [2.75, 3.05) is 31.6 Å². The number of quaternary nitrogens is 1. The summed E-state index contributed by atoms with van der Waals surface area (Å²) in [5.41, 5.74) is 0.478. The topological polar surface area (TPSA) is 59.8 Å². The largest absolute Gasteiger partial charge is 0.466 e. The van der Waals surface area contributed by atoms with Gasteiger partial charge >= 0.3 is 5.97 Å². The number of hydrogen-bond acceptors (Lipinski definition) is 3. The zero-order chi connectivity index (χ0) is 16.7. The van der Waals surface area contributed by atoms with E-state index >= 15 is 0 Å². The van der Waals surface area contributed by atoms with E-state index in [2.05, 4.69) is 5.32 Å². The van der Waals surface area contributed by atoms with E-state index in [-0.39, 0.29) is 23.6 Å². The number of benzene rings is 1. The summed E-state index contributed by atoms with van der Waals surface area (Å²) in [6.07, 6.45) is 2.00. The molecular formula is C17H24FN2O3+. The molecule has 0 spiro atoms. The van der Waals surface area contributed by atoms with E-state index in [1.807, 2.05) is 6.92 Å². The lowest BCUT2D eigenvalue weighted by molar-refractivity contribution is -0.905. The molecule has 0 aromatic heterocycles. The molecule has 1 aliphatic rings. The number of nitrogens with one attached hydrogen (secondary N) is 2. The maximum Gasteiger partial charge on any atom is 0.309 e. The summed E-state index contributed by atoms with van der Waals surface area (Å²) < 4.78 is 18.1. The van der Waals surface area contributed by atoms with Gasteiger partial charge in [0.2, 0.25) is 5.91 Å². The highest BCUT2D eigenvalue weighted by atomic mass is 19.1. The van der Waals surface area contributed by atoms with Gasteiger partial charge in [-0.2, -0.15) is 0 Å². The summed E-state index contributed by atoms with van der Waals surface area (Å²) in [6, 6.07) is 5.87. The Bertz CT molecular complexity index is 542. The first-order valence-corrected chi connectivity index (χ1v) is 8.14. The van der Waals surface area contributed by atoms with Crippen LogP contribution >= 0.6 is 0 Å². The van der Waals surface area contributed by atoms with Gasteiger partial charge in [-0.25, -0.2) is 4.39 Å². The van der Waals surface area contributed by atoms with Crippen LogP contribution in [-0.2, 0) is 14.3 Å². The molecule has 126 valence electrons. The first-order valence-electron chi connectivity index (χ1n) is 8.14. The SMILES string of the molecule is CCOC(=O)C1CC[NH+](CCC(=O)Nc2cccc(F)c2)CC1. The summed E-state index contributed by atoms with van der Waals surface area (Å²) >= 11 is 0. The van der Waals surface area contributed by atoms with E-state index in [0.29, 0.717) is 18.7 Å². The summed E-state index contributed by atoms with van der Waals surface area (Å²) in [5.74, 6) is -0.583. The molecule has 1 amide bonds. The fourth-order valence-corrected chi connectivity index (χ4v) is 2.85. The van der Waals surface area contributed by atoms with Gasteiger partial charge in [0.1, 0.15) is 5.82 Å². The second-order valence-corrected chi connectivity index (χ2v) is 5.83. The molecule has 0 bridgehead atoms. The predicted octanol–water partition coefficient (Wildman–Crippen LogP) is 1.01. The van der Waals surface area contributed by atoms with Gasteiger partial charge in [-0.3, -0.25) is 9.59 Å². The molecule has 5 nitrogen and oxygen atoms in total. The lowest BCUT2D eigenvalue weighted by Gasteiger charge is -2.27. The minimum Gasteiger partial charge on any atom is -0.466 e. The quantitative estimate of drug-likeness (QED) is 0.768. The van der Waals surface area contributed by atoms with Gasteiger partial charge in [0.05, 0.1) is 38.6 Å². The normalized spacial score (nSPS) is 20.8. The van der Waals surface area contributed by atoms with Gasteiger partial charge < -0.3 is 15.0 Å². The molecule has 1 aliphatic heterocycles. The average Bonchev–Trinajstić information content (AvgIpc) is 2.54. The highest BCUT2D eigenvalue weighted by Crippen LogP contribution is 2.12. The number of carbonyl (C=O) groups is 2. The van der Waals surface area contributed by atoms with Crippen LogP contribution < -0.4 is 10.2 Å². The van der Waals surface area contributed by atoms with Gasteiger partial charge in [-0.1, -0.05) is 6.07 Å². The highest BCUT2D eigenvalue weighted by molar-refractivity contribution is 5.90. The lowest BCUT2D eigenvalue weighted by Crippen LogP contribution is -3.13. The maximum absolute atomic E-state index is 13.1. The fraction of sp³-hybridized carbons (Fsp3) is 0.529. The third kappa shape index (κ3) is 5.63. The number of likely N-dealkylation sites (tertiary alicyclic amines) is 1. The number of ether oxygens (including phenoxy) is 1. The van der Waals surface area contributed by atoms with Crippen molar-refractivity contribution in [1.29, 1.82) is 0 Å². The average molecular weight is 323 g/mol. The molecule has 1 aromatic rings. The van der Waals surface area contributed by atoms with Crippen molar-refractivity contribution >= 4 is 17.6 Å². The van der Waals surface area contributed by atoms with Crippen LogP contribution in [0.1, 0.15) is 26.2 Å². The standard InChI is InChI=1S/C17H23FN2O3/c1-2-23-17(22)13-6-9-20(10-7-13)11-8-16(21)19-15-5-3-4-14(18)12-15/h3-5,12-13H,2,6-11H2,1H3,(H,19,21)/p+1. The Kier molecular flexibility index (Phi) is 6.52. The lowest BCUT2D eigenvalue weighted by atomic mass is 9.97. The Morgan fingerprint density at radius 2 is 2.09 bits per heavy atom. The van der Waals surface area contributed by atoms with Crippen molar-refractivity contribution in [3.05, 3.63) is 30.1 Å². The molecule has 0 atom stereocenters. The van der Waals surface area contributed by atoms with E-state index in [1.165, 1.54) is 17.0 Å². The molecule has 2 N–H and O–H groups in total. The number of piperidine rings is 1. The number of carbonyl (C=O) groups excluding carboxylic acids is 2. The summed E-state index contributed by atoms with van der Waals surface area (Å²) in [5, 5.41) is 2.70. The van der Waals surface area contributed by atoms with Crippen molar-refractivity contribution < 1.29 is 23.6 Å².